The molecule has 1 amide bonds. The Hall–Kier alpha value is -1.90. The number of rotatable bonds is 1. The van der Waals surface area contributed by atoms with Gasteiger partial charge in [-0.25, -0.2) is 10.4 Å². The van der Waals surface area contributed by atoms with Crippen molar-refractivity contribution in [2.45, 2.75) is 6.92 Å². The first-order chi connectivity index (χ1) is 5.22. The molecule has 56 valence electrons. The molecule has 0 aromatic carbocycles. The Morgan fingerprint density at radius 1 is 1.91 bits per heavy atom. The van der Waals surface area contributed by atoms with Crippen molar-refractivity contribution in [1.82, 2.24) is 14.9 Å². The molecule has 0 atom stereocenters. The van der Waals surface area contributed by atoms with E-state index >= 15 is 0 Å². The molecular weight excluding hydrogens is 146 g/mol. The molecule has 1 heterocycles. The molecule has 0 aliphatic heterocycles. The lowest BCUT2D eigenvalue weighted by Crippen LogP contribution is -2.20. The van der Waals surface area contributed by atoms with Crippen molar-refractivity contribution in [2.75, 3.05) is 5.43 Å². The van der Waals surface area contributed by atoms with Gasteiger partial charge in [0.2, 0.25) is 5.91 Å². The first-order valence-corrected chi connectivity index (χ1v) is 2.81. The lowest BCUT2D eigenvalue weighted by atomic mass is 10.7. The van der Waals surface area contributed by atoms with E-state index in [1.54, 1.807) is 6.07 Å². The summed E-state index contributed by atoms with van der Waals surface area (Å²) in [7, 11) is 0. The largest absolute Gasteiger partial charge is 0.274 e. The van der Waals surface area contributed by atoms with E-state index in [1.165, 1.54) is 13.3 Å². The van der Waals surface area contributed by atoms with Gasteiger partial charge in [0, 0.05) is 6.92 Å². The van der Waals surface area contributed by atoms with Crippen molar-refractivity contribution in [3.05, 3.63) is 12.2 Å². The minimum Gasteiger partial charge on any atom is -0.274 e. The second-order valence-electron chi connectivity index (χ2n) is 1.79. The highest BCUT2D eigenvalue weighted by Crippen LogP contribution is 1.82. The SMILES string of the molecule is CC(=O)Nn1cnc(C#N)n1. The van der Waals surface area contributed by atoms with Crippen LogP contribution in [-0.2, 0) is 4.79 Å². The fraction of sp³-hybridized carbons (Fsp3) is 0.200. The van der Waals surface area contributed by atoms with Gasteiger partial charge in [0.15, 0.2) is 0 Å². The summed E-state index contributed by atoms with van der Waals surface area (Å²) >= 11 is 0. The average molecular weight is 151 g/mol. The van der Waals surface area contributed by atoms with E-state index in [2.05, 4.69) is 15.5 Å². The summed E-state index contributed by atoms with van der Waals surface area (Å²) in [4.78, 5) is 15.1. The summed E-state index contributed by atoms with van der Waals surface area (Å²) in [6.45, 7) is 1.34. The summed E-state index contributed by atoms with van der Waals surface area (Å²) in [5.74, 6) is -0.238. The summed E-state index contributed by atoms with van der Waals surface area (Å²) in [5.41, 5.74) is 2.31. The van der Waals surface area contributed by atoms with Crippen molar-refractivity contribution >= 4 is 5.91 Å². The molecule has 6 heteroatoms. The van der Waals surface area contributed by atoms with Crippen LogP contribution in [0.4, 0.5) is 0 Å². The van der Waals surface area contributed by atoms with Crippen LogP contribution < -0.4 is 5.43 Å². The van der Waals surface area contributed by atoms with Crippen molar-refractivity contribution in [1.29, 1.82) is 5.26 Å². The van der Waals surface area contributed by atoms with Crippen LogP contribution in [0.15, 0.2) is 6.33 Å². The van der Waals surface area contributed by atoms with Gasteiger partial charge in [-0.2, -0.15) is 10.1 Å². The number of aromatic nitrogens is 3. The van der Waals surface area contributed by atoms with Crippen molar-refractivity contribution < 1.29 is 4.79 Å². The van der Waals surface area contributed by atoms with Crippen molar-refractivity contribution in [2.24, 2.45) is 0 Å². The quantitative estimate of drug-likeness (QED) is 0.571. The summed E-state index contributed by atoms with van der Waals surface area (Å²) in [5, 5.41) is 11.9. The average Bonchev–Trinajstić information content (AvgIpc) is 2.34. The number of nitrogens with one attached hydrogen (secondary N) is 1. The number of hydrogen-bond donors (Lipinski definition) is 1. The van der Waals surface area contributed by atoms with Gasteiger partial charge in [-0.15, -0.1) is 5.10 Å². The van der Waals surface area contributed by atoms with Crippen LogP contribution in [0.2, 0.25) is 0 Å². The molecule has 0 unspecified atom stereocenters. The first-order valence-electron chi connectivity index (χ1n) is 2.81. The second kappa shape index (κ2) is 2.79. The normalized spacial score (nSPS) is 8.73. The van der Waals surface area contributed by atoms with Crippen LogP contribution in [0, 0.1) is 11.3 Å². The Labute approximate surface area is 62.4 Å². The maximum absolute atomic E-state index is 10.4. The molecule has 0 fully saturated rings. The zero-order valence-corrected chi connectivity index (χ0v) is 5.77. The second-order valence-corrected chi connectivity index (χ2v) is 1.79. The Kier molecular flexibility index (Phi) is 1.83. The van der Waals surface area contributed by atoms with Crippen LogP contribution in [0.1, 0.15) is 12.7 Å². The van der Waals surface area contributed by atoms with E-state index in [0.29, 0.717) is 0 Å². The molecule has 1 aromatic rings. The van der Waals surface area contributed by atoms with Gasteiger partial charge in [0.05, 0.1) is 0 Å². The van der Waals surface area contributed by atoms with Crippen molar-refractivity contribution in [3.63, 3.8) is 0 Å². The molecular formula is C5H5N5O. The Morgan fingerprint density at radius 3 is 3.09 bits per heavy atom. The monoisotopic (exact) mass is 151 g/mol. The maximum atomic E-state index is 10.4. The molecule has 1 aromatic heterocycles. The molecule has 0 saturated heterocycles. The lowest BCUT2D eigenvalue weighted by Gasteiger charge is -1.96. The van der Waals surface area contributed by atoms with Gasteiger partial charge in [0.25, 0.3) is 5.82 Å². The smallest absolute Gasteiger partial charge is 0.254 e. The first kappa shape index (κ1) is 7.21. The van der Waals surface area contributed by atoms with Crippen LogP contribution in [0.25, 0.3) is 0 Å². The minimum absolute atomic E-state index is 0.0266. The summed E-state index contributed by atoms with van der Waals surface area (Å²) < 4.78 is 0. The third-order valence-electron chi connectivity index (χ3n) is 0.864. The highest BCUT2D eigenvalue weighted by molar-refractivity contribution is 5.80. The van der Waals surface area contributed by atoms with E-state index in [9.17, 15) is 4.79 Å². The molecule has 0 bridgehead atoms. The number of carbonyl (C=O) groups excluding carboxylic acids is 1. The number of amides is 1. The van der Waals surface area contributed by atoms with Crippen molar-refractivity contribution in [3.8, 4) is 6.07 Å². The number of hydrogen-bond acceptors (Lipinski definition) is 4. The molecule has 0 saturated carbocycles. The zero-order valence-electron chi connectivity index (χ0n) is 5.77. The third kappa shape index (κ3) is 1.76. The predicted octanol–water partition coefficient (Wildman–Crippen LogP) is -0.760. The van der Waals surface area contributed by atoms with Gasteiger partial charge >= 0.3 is 0 Å². The highest BCUT2D eigenvalue weighted by atomic mass is 16.2. The van der Waals surface area contributed by atoms with E-state index < -0.39 is 0 Å². The number of nitrogens with zero attached hydrogens (tertiary/aromatic N) is 4. The number of nitriles is 1. The zero-order chi connectivity index (χ0) is 8.27. The standard InChI is InChI=1S/C5H5N5O/c1-4(11)8-10-3-7-5(2-6)9-10/h3H,1H3,(H,8,11). The van der Waals surface area contributed by atoms with E-state index in [0.717, 1.165) is 4.79 Å². The Morgan fingerprint density at radius 2 is 2.64 bits per heavy atom. The van der Waals surface area contributed by atoms with Gasteiger partial charge in [-0.1, -0.05) is 0 Å². The topological polar surface area (TPSA) is 83.6 Å². The van der Waals surface area contributed by atoms with Crippen LogP contribution in [0.5, 0.6) is 0 Å². The minimum atomic E-state index is -0.264. The molecule has 11 heavy (non-hydrogen) atoms. The Bertz CT molecular complexity index is 309. The fourth-order valence-corrected chi connectivity index (χ4v) is 0.529. The summed E-state index contributed by atoms with van der Waals surface area (Å²) in [6, 6.07) is 1.73. The van der Waals surface area contributed by atoms with E-state index in [4.69, 9.17) is 5.26 Å². The van der Waals surface area contributed by atoms with Gasteiger partial charge in [0.1, 0.15) is 12.4 Å². The highest BCUT2D eigenvalue weighted by Gasteiger charge is 1.98. The summed E-state index contributed by atoms with van der Waals surface area (Å²) in [6.07, 6.45) is 1.25. The lowest BCUT2D eigenvalue weighted by molar-refractivity contribution is -0.115. The molecule has 6 nitrogen and oxygen atoms in total. The predicted molar refractivity (Wildman–Crippen MR) is 34.8 cm³/mol. The fourth-order valence-electron chi connectivity index (χ4n) is 0.529. The third-order valence-corrected chi connectivity index (χ3v) is 0.864. The molecule has 1 rings (SSSR count). The number of carbonyl (C=O) groups is 1. The molecule has 0 aliphatic rings. The molecule has 0 radical (unpaired) electrons. The van der Waals surface area contributed by atoms with Gasteiger partial charge < -0.3 is 0 Å². The van der Waals surface area contributed by atoms with Gasteiger partial charge in [-0.3, -0.25) is 4.79 Å². The maximum Gasteiger partial charge on any atom is 0.254 e. The van der Waals surface area contributed by atoms with E-state index in [-0.39, 0.29) is 11.7 Å². The molecule has 0 aliphatic carbocycles. The van der Waals surface area contributed by atoms with E-state index in [1.807, 2.05) is 0 Å². The molecule has 0 spiro atoms. The van der Waals surface area contributed by atoms with Crippen LogP contribution in [0.3, 0.4) is 0 Å². The van der Waals surface area contributed by atoms with Crippen LogP contribution in [-0.4, -0.2) is 20.8 Å². The Balaban J connectivity index is 2.75. The van der Waals surface area contributed by atoms with Crippen LogP contribution >= 0.6 is 0 Å². The van der Waals surface area contributed by atoms with Gasteiger partial charge in [-0.05, 0) is 0 Å². The molecule has 1 N–H and O–H groups in total.